The van der Waals surface area contributed by atoms with Crippen LogP contribution in [-0.2, 0) is 0 Å². The molecule has 0 aliphatic carbocycles. The molecule has 1 aliphatic heterocycles. The molecule has 2 atom stereocenters. The monoisotopic (exact) mass is 458 g/mol. The number of nitrogens with zero attached hydrogens (tertiary/aromatic N) is 2. The van der Waals surface area contributed by atoms with E-state index in [0.29, 0.717) is 16.9 Å². The first-order chi connectivity index (χ1) is 10.1. The molecule has 1 saturated heterocycles. The number of rotatable bonds is 5. The summed E-state index contributed by atoms with van der Waals surface area (Å²) in [4.78, 5) is 7.41. The van der Waals surface area contributed by atoms with Gasteiger partial charge in [0.25, 0.3) is 0 Å². The molecular formula is C14H24ClIN4OS. The van der Waals surface area contributed by atoms with Gasteiger partial charge < -0.3 is 20.6 Å². The van der Waals surface area contributed by atoms with Crippen molar-refractivity contribution >= 4 is 52.9 Å². The predicted molar refractivity (Wildman–Crippen MR) is 105 cm³/mol. The highest BCUT2D eigenvalue weighted by molar-refractivity contribution is 14.0. The van der Waals surface area contributed by atoms with E-state index in [-0.39, 0.29) is 24.0 Å². The Balaban J connectivity index is 0.00000242. The van der Waals surface area contributed by atoms with Crippen LogP contribution < -0.4 is 10.6 Å². The zero-order chi connectivity index (χ0) is 15.2. The number of halogens is 2. The van der Waals surface area contributed by atoms with Crippen LogP contribution >= 0.6 is 46.9 Å². The number of guanidine groups is 1. The van der Waals surface area contributed by atoms with Gasteiger partial charge in [-0.3, -0.25) is 4.99 Å². The maximum Gasteiger partial charge on any atom is 0.191 e. The Labute approximate surface area is 158 Å². The first kappa shape index (κ1) is 20.0. The summed E-state index contributed by atoms with van der Waals surface area (Å²) in [6.45, 7) is 2.45. The number of hydrogen-bond acceptors (Lipinski definition) is 4. The Bertz CT molecular complexity index is 485. The van der Waals surface area contributed by atoms with Gasteiger partial charge in [0.15, 0.2) is 5.96 Å². The Morgan fingerprint density at radius 1 is 1.55 bits per heavy atom. The summed E-state index contributed by atoms with van der Waals surface area (Å²) in [7, 11) is 3.89. The fourth-order valence-corrected chi connectivity index (χ4v) is 3.52. The van der Waals surface area contributed by atoms with E-state index >= 15 is 0 Å². The molecule has 0 bridgehead atoms. The van der Waals surface area contributed by atoms with Crippen molar-refractivity contribution in [1.29, 1.82) is 0 Å². The van der Waals surface area contributed by atoms with Crippen LogP contribution in [0.1, 0.15) is 23.8 Å². The summed E-state index contributed by atoms with van der Waals surface area (Å²) in [5.74, 6) is 0.719. The molecule has 126 valence electrons. The lowest BCUT2D eigenvalue weighted by Crippen LogP contribution is -2.44. The largest absolute Gasteiger partial charge is 0.386 e. The molecule has 5 nitrogen and oxygen atoms in total. The van der Waals surface area contributed by atoms with Gasteiger partial charge in [0.2, 0.25) is 0 Å². The highest BCUT2D eigenvalue weighted by Crippen LogP contribution is 2.26. The number of thiophene rings is 1. The van der Waals surface area contributed by atoms with Crippen LogP contribution in [0.4, 0.5) is 0 Å². The number of aliphatic hydroxyl groups is 1. The third-order valence-corrected chi connectivity index (χ3v) is 5.12. The van der Waals surface area contributed by atoms with E-state index in [1.807, 2.05) is 6.07 Å². The fourth-order valence-electron chi connectivity index (χ4n) is 2.47. The van der Waals surface area contributed by atoms with Crippen molar-refractivity contribution in [3.8, 4) is 0 Å². The minimum atomic E-state index is -0.574. The van der Waals surface area contributed by atoms with Crippen LogP contribution in [-0.4, -0.2) is 55.7 Å². The molecule has 2 rings (SSSR count). The molecule has 0 radical (unpaired) electrons. The van der Waals surface area contributed by atoms with Crippen molar-refractivity contribution in [2.45, 2.75) is 25.0 Å². The van der Waals surface area contributed by atoms with Crippen molar-refractivity contribution in [1.82, 2.24) is 15.5 Å². The standard InChI is InChI=1S/C14H23ClN4OS.HI/c1-16-14(17-8-10-4-3-7-19(10)2)18-9-11(20)12-5-6-13(15)21-12;/h5-6,10-11,20H,3-4,7-9H2,1-2H3,(H2,16,17,18);1H. The van der Waals surface area contributed by atoms with Crippen molar-refractivity contribution in [2.75, 3.05) is 33.7 Å². The molecule has 22 heavy (non-hydrogen) atoms. The van der Waals surface area contributed by atoms with Crippen LogP contribution in [0.3, 0.4) is 0 Å². The number of likely N-dealkylation sites (tertiary alicyclic amines) is 1. The molecule has 0 aromatic carbocycles. The van der Waals surface area contributed by atoms with Crippen molar-refractivity contribution < 1.29 is 5.11 Å². The fraction of sp³-hybridized carbons (Fsp3) is 0.643. The second kappa shape index (κ2) is 9.92. The van der Waals surface area contributed by atoms with Crippen LogP contribution in [0.15, 0.2) is 17.1 Å². The SMILES string of the molecule is CN=C(NCC(O)c1ccc(Cl)s1)NCC1CCCN1C.I. The number of likely N-dealkylation sites (N-methyl/N-ethyl adjacent to an activating group) is 1. The molecule has 0 saturated carbocycles. The Morgan fingerprint density at radius 2 is 2.32 bits per heavy atom. The van der Waals surface area contributed by atoms with Gasteiger partial charge in [-0.1, -0.05) is 11.6 Å². The molecule has 1 aliphatic rings. The van der Waals surface area contributed by atoms with E-state index in [1.165, 1.54) is 24.2 Å². The minimum Gasteiger partial charge on any atom is -0.386 e. The first-order valence-corrected chi connectivity index (χ1v) is 8.37. The van der Waals surface area contributed by atoms with Crippen LogP contribution in [0.2, 0.25) is 4.34 Å². The Hall–Kier alpha value is -0.0900. The third-order valence-electron chi connectivity index (χ3n) is 3.79. The van der Waals surface area contributed by atoms with Gasteiger partial charge in [0.1, 0.15) is 6.10 Å². The molecule has 0 spiro atoms. The van der Waals surface area contributed by atoms with Gasteiger partial charge in [0.05, 0.1) is 4.34 Å². The number of aliphatic imine (C=N–C) groups is 1. The van der Waals surface area contributed by atoms with Crippen molar-refractivity contribution in [3.63, 3.8) is 0 Å². The molecule has 8 heteroatoms. The molecule has 2 unspecified atom stereocenters. The quantitative estimate of drug-likeness (QED) is 0.360. The summed E-state index contributed by atoms with van der Waals surface area (Å²) >= 11 is 7.27. The van der Waals surface area contributed by atoms with Crippen molar-refractivity contribution in [3.05, 3.63) is 21.3 Å². The highest BCUT2D eigenvalue weighted by Gasteiger charge is 2.20. The minimum absolute atomic E-state index is 0. The predicted octanol–water partition coefficient (Wildman–Crippen LogP) is 2.31. The third kappa shape index (κ3) is 5.84. The molecular weight excluding hydrogens is 435 g/mol. The number of nitrogens with one attached hydrogen (secondary N) is 2. The van der Waals surface area contributed by atoms with Crippen LogP contribution in [0, 0.1) is 0 Å². The topological polar surface area (TPSA) is 59.9 Å². The lowest BCUT2D eigenvalue weighted by Gasteiger charge is -2.21. The summed E-state index contributed by atoms with van der Waals surface area (Å²) in [5.41, 5.74) is 0. The van der Waals surface area contributed by atoms with E-state index in [9.17, 15) is 5.11 Å². The molecule has 1 aromatic heterocycles. The second-order valence-corrected chi connectivity index (χ2v) is 7.02. The molecule has 0 amide bonds. The Morgan fingerprint density at radius 3 is 2.86 bits per heavy atom. The average Bonchev–Trinajstić information content (AvgIpc) is 3.08. The highest BCUT2D eigenvalue weighted by atomic mass is 127. The molecule has 1 fully saturated rings. The maximum absolute atomic E-state index is 10.1. The van der Waals surface area contributed by atoms with Crippen LogP contribution in [0.25, 0.3) is 0 Å². The lowest BCUT2D eigenvalue weighted by atomic mass is 10.2. The smallest absolute Gasteiger partial charge is 0.191 e. The van der Waals surface area contributed by atoms with Gasteiger partial charge >= 0.3 is 0 Å². The Kier molecular flexibility index (Phi) is 9.00. The van der Waals surface area contributed by atoms with Gasteiger partial charge in [-0.15, -0.1) is 35.3 Å². The average molecular weight is 459 g/mol. The zero-order valence-electron chi connectivity index (χ0n) is 12.9. The number of aliphatic hydroxyl groups excluding tert-OH is 1. The summed E-state index contributed by atoms with van der Waals surface area (Å²) in [5, 5.41) is 16.6. The summed E-state index contributed by atoms with van der Waals surface area (Å²) in [6.07, 6.45) is 1.90. The van der Waals surface area contributed by atoms with E-state index in [4.69, 9.17) is 11.6 Å². The van der Waals surface area contributed by atoms with E-state index in [1.54, 1.807) is 13.1 Å². The number of hydrogen-bond donors (Lipinski definition) is 3. The van der Waals surface area contributed by atoms with E-state index < -0.39 is 6.10 Å². The zero-order valence-corrected chi connectivity index (χ0v) is 16.8. The summed E-state index contributed by atoms with van der Waals surface area (Å²) in [6, 6.07) is 4.21. The molecule has 2 heterocycles. The van der Waals surface area contributed by atoms with Gasteiger partial charge in [-0.05, 0) is 38.6 Å². The summed E-state index contributed by atoms with van der Waals surface area (Å²) < 4.78 is 0.691. The van der Waals surface area contributed by atoms with E-state index in [2.05, 4.69) is 27.6 Å². The van der Waals surface area contributed by atoms with Gasteiger partial charge in [-0.2, -0.15) is 0 Å². The normalized spacial score (nSPS) is 20.5. The second-order valence-electron chi connectivity index (χ2n) is 5.27. The van der Waals surface area contributed by atoms with Crippen molar-refractivity contribution in [2.24, 2.45) is 4.99 Å². The lowest BCUT2D eigenvalue weighted by molar-refractivity contribution is 0.184. The molecule has 3 N–H and O–H groups in total. The van der Waals surface area contributed by atoms with Gasteiger partial charge in [-0.25, -0.2) is 0 Å². The first-order valence-electron chi connectivity index (χ1n) is 7.18. The van der Waals surface area contributed by atoms with E-state index in [0.717, 1.165) is 23.9 Å². The molecule has 1 aromatic rings. The van der Waals surface area contributed by atoms with Gasteiger partial charge in [0, 0.05) is 31.1 Å². The maximum atomic E-state index is 10.1. The van der Waals surface area contributed by atoms with Crippen LogP contribution in [0.5, 0.6) is 0 Å².